The molecule has 1 fully saturated rings. The number of hydrogen-bond donors (Lipinski definition) is 1. The number of nitrogens with zero attached hydrogens (tertiary/aromatic N) is 1. The first-order chi connectivity index (χ1) is 5.74. The molecule has 0 aromatic rings. The smallest absolute Gasteiger partial charge is 0.307 e. The Morgan fingerprint density at radius 1 is 1.62 bits per heavy atom. The third kappa shape index (κ3) is 4.42. The van der Waals surface area contributed by atoms with Gasteiger partial charge in [-0.05, 0) is 19.4 Å². The van der Waals surface area contributed by atoms with Gasteiger partial charge in [0.05, 0.1) is 5.92 Å². The predicted octanol–water partition coefficient (Wildman–Crippen LogP) is 1.76. The van der Waals surface area contributed by atoms with Crippen LogP contribution in [0.15, 0.2) is 0 Å². The van der Waals surface area contributed by atoms with Crippen LogP contribution < -0.4 is 0 Å². The summed E-state index contributed by atoms with van der Waals surface area (Å²) >= 11 is 3.35. The molecule has 1 heterocycles. The number of alkyl halides is 1. The standard InChI is InChI=1S/C8H14BrNO2.BrH/c9-3-5-10-4-1-2-7(6-10)8(11)12;/h7H,1-6H2,(H,11,12);1H. The summed E-state index contributed by atoms with van der Waals surface area (Å²) in [6.45, 7) is 2.74. The molecule has 0 amide bonds. The minimum Gasteiger partial charge on any atom is -0.481 e. The average Bonchev–Trinajstić information content (AvgIpc) is 2.05. The van der Waals surface area contributed by atoms with E-state index < -0.39 is 5.97 Å². The molecular weight excluding hydrogens is 302 g/mol. The first kappa shape index (κ1) is 13.4. The zero-order valence-corrected chi connectivity index (χ0v) is 10.7. The Morgan fingerprint density at radius 2 is 2.31 bits per heavy atom. The molecule has 0 radical (unpaired) electrons. The number of rotatable bonds is 3. The Morgan fingerprint density at radius 3 is 2.85 bits per heavy atom. The number of aliphatic carboxylic acids is 1. The van der Waals surface area contributed by atoms with E-state index in [9.17, 15) is 4.79 Å². The van der Waals surface area contributed by atoms with Gasteiger partial charge in [0, 0.05) is 18.4 Å². The number of carboxylic acid groups (broad SMARTS) is 1. The Balaban J connectivity index is 0.00000144. The molecule has 1 aliphatic heterocycles. The topological polar surface area (TPSA) is 40.5 Å². The predicted molar refractivity (Wildman–Crippen MR) is 60.9 cm³/mol. The van der Waals surface area contributed by atoms with Gasteiger partial charge in [-0.15, -0.1) is 17.0 Å². The zero-order valence-electron chi connectivity index (χ0n) is 7.41. The lowest BCUT2D eigenvalue weighted by Crippen LogP contribution is -2.39. The molecule has 1 N–H and O–H groups in total. The first-order valence-corrected chi connectivity index (χ1v) is 5.37. The van der Waals surface area contributed by atoms with Crippen molar-refractivity contribution in [1.82, 2.24) is 4.90 Å². The van der Waals surface area contributed by atoms with Crippen molar-refractivity contribution in [2.24, 2.45) is 5.92 Å². The highest BCUT2D eigenvalue weighted by Crippen LogP contribution is 2.16. The number of piperidine rings is 1. The summed E-state index contributed by atoms with van der Waals surface area (Å²) in [6, 6.07) is 0. The molecule has 1 aliphatic rings. The van der Waals surface area contributed by atoms with Gasteiger partial charge >= 0.3 is 5.97 Å². The lowest BCUT2D eigenvalue weighted by Gasteiger charge is -2.29. The number of carboxylic acids is 1. The van der Waals surface area contributed by atoms with E-state index >= 15 is 0 Å². The highest BCUT2D eigenvalue weighted by Gasteiger charge is 2.24. The van der Waals surface area contributed by atoms with Gasteiger partial charge in [0.2, 0.25) is 0 Å². The van der Waals surface area contributed by atoms with Crippen LogP contribution in [0.4, 0.5) is 0 Å². The molecule has 1 unspecified atom stereocenters. The maximum atomic E-state index is 10.7. The van der Waals surface area contributed by atoms with Crippen molar-refractivity contribution < 1.29 is 9.90 Å². The van der Waals surface area contributed by atoms with E-state index in [2.05, 4.69) is 20.8 Å². The molecule has 78 valence electrons. The van der Waals surface area contributed by atoms with Gasteiger partial charge in [-0.1, -0.05) is 15.9 Å². The van der Waals surface area contributed by atoms with Crippen molar-refractivity contribution in [3.8, 4) is 0 Å². The van der Waals surface area contributed by atoms with E-state index in [4.69, 9.17) is 5.11 Å². The van der Waals surface area contributed by atoms with Gasteiger partial charge in [0.1, 0.15) is 0 Å². The van der Waals surface area contributed by atoms with Gasteiger partial charge < -0.3 is 10.0 Å². The number of likely N-dealkylation sites (tertiary alicyclic amines) is 1. The van der Waals surface area contributed by atoms with Crippen molar-refractivity contribution in [1.29, 1.82) is 0 Å². The Hall–Kier alpha value is 0.390. The van der Waals surface area contributed by atoms with Crippen LogP contribution in [0.2, 0.25) is 0 Å². The molecular formula is C8H15Br2NO2. The Kier molecular flexibility index (Phi) is 6.99. The van der Waals surface area contributed by atoms with Crippen LogP contribution in [0.1, 0.15) is 12.8 Å². The van der Waals surface area contributed by atoms with Gasteiger partial charge in [-0.2, -0.15) is 0 Å². The average molecular weight is 317 g/mol. The molecule has 0 aromatic heterocycles. The molecule has 1 saturated heterocycles. The second kappa shape index (κ2) is 6.79. The first-order valence-electron chi connectivity index (χ1n) is 4.25. The van der Waals surface area contributed by atoms with E-state index in [1.54, 1.807) is 0 Å². The zero-order chi connectivity index (χ0) is 8.97. The van der Waals surface area contributed by atoms with Gasteiger partial charge in [-0.25, -0.2) is 0 Å². The Labute approximate surface area is 97.4 Å². The van der Waals surface area contributed by atoms with E-state index in [-0.39, 0.29) is 22.9 Å². The molecule has 0 aliphatic carbocycles. The van der Waals surface area contributed by atoms with E-state index in [0.29, 0.717) is 0 Å². The highest BCUT2D eigenvalue weighted by molar-refractivity contribution is 9.09. The SMILES string of the molecule is Br.O=C(O)C1CCCN(CCBr)C1. The van der Waals surface area contributed by atoms with Crippen LogP contribution in [-0.2, 0) is 4.79 Å². The highest BCUT2D eigenvalue weighted by atomic mass is 79.9. The molecule has 1 atom stereocenters. The molecule has 3 nitrogen and oxygen atoms in total. The molecule has 0 bridgehead atoms. The molecule has 1 rings (SSSR count). The number of halogens is 2. The third-order valence-corrected chi connectivity index (χ3v) is 2.61. The monoisotopic (exact) mass is 315 g/mol. The minimum absolute atomic E-state index is 0. The summed E-state index contributed by atoms with van der Waals surface area (Å²) in [7, 11) is 0. The van der Waals surface area contributed by atoms with E-state index in [1.807, 2.05) is 0 Å². The van der Waals surface area contributed by atoms with Crippen molar-refractivity contribution >= 4 is 38.9 Å². The van der Waals surface area contributed by atoms with E-state index in [1.165, 1.54) is 0 Å². The van der Waals surface area contributed by atoms with Gasteiger partial charge in [0.25, 0.3) is 0 Å². The van der Waals surface area contributed by atoms with Crippen molar-refractivity contribution in [3.05, 3.63) is 0 Å². The van der Waals surface area contributed by atoms with E-state index in [0.717, 1.165) is 37.8 Å². The number of carbonyl (C=O) groups is 1. The molecule has 0 saturated carbocycles. The normalized spacial score (nSPS) is 23.6. The summed E-state index contributed by atoms with van der Waals surface area (Å²) < 4.78 is 0. The quantitative estimate of drug-likeness (QED) is 0.807. The fourth-order valence-corrected chi connectivity index (χ4v) is 2.08. The molecule has 13 heavy (non-hydrogen) atoms. The molecule has 0 aromatic carbocycles. The van der Waals surface area contributed by atoms with Gasteiger partial charge in [0.15, 0.2) is 0 Å². The van der Waals surface area contributed by atoms with Crippen molar-refractivity contribution in [3.63, 3.8) is 0 Å². The van der Waals surface area contributed by atoms with Gasteiger partial charge in [-0.3, -0.25) is 4.79 Å². The van der Waals surface area contributed by atoms with Crippen molar-refractivity contribution in [2.75, 3.05) is 25.0 Å². The molecule has 0 spiro atoms. The lowest BCUT2D eigenvalue weighted by molar-refractivity contribution is -0.143. The van der Waals surface area contributed by atoms with Crippen LogP contribution in [0.5, 0.6) is 0 Å². The largest absolute Gasteiger partial charge is 0.481 e. The second-order valence-corrected chi connectivity index (χ2v) is 3.96. The molecule has 5 heteroatoms. The fourth-order valence-electron chi connectivity index (χ4n) is 1.58. The van der Waals surface area contributed by atoms with Crippen LogP contribution in [0, 0.1) is 5.92 Å². The summed E-state index contributed by atoms with van der Waals surface area (Å²) in [6.07, 6.45) is 1.86. The Bertz CT molecular complexity index is 164. The summed E-state index contributed by atoms with van der Waals surface area (Å²) in [5.74, 6) is -0.785. The summed E-state index contributed by atoms with van der Waals surface area (Å²) in [5, 5.41) is 9.72. The maximum absolute atomic E-state index is 10.7. The van der Waals surface area contributed by atoms with Crippen LogP contribution >= 0.6 is 32.9 Å². The minimum atomic E-state index is -0.644. The van der Waals surface area contributed by atoms with Crippen LogP contribution in [-0.4, -0.2) is 40.9 Å². The fraction of sp³-hybridized carbons (Fsp3) is 0.875. The summed E-state index contributed by atoms with van der Waals surface area (Å²) in [4.78, 5) is 12.9. The maximum Gasteiger partial charge on any atom is 0.307 e. The lowest BCUT2D eigenvalue weighted by atomic mass is 9.98. The van der Waals surface area contributed by atoms with Crippen LogP contribution in [0.3, 0.4) is 0 Å². The van der Waals surface area contributed by atoms with Crippen molar-refractivity contribution in [2.45, 2.75) is 12.8 Å². The second-order valence-electron chi connectivity index (χ2n) is 3.17. The summed E-state index contributed by atoms with van der Waals surface area (Å²) in [5.41, 5.74) is 0. The number of hydrogen-bond acceptors (Lipinski definition) is 2. The third-order valence-electron chi connectivity index (χ3n) is 2.26. The van der Waals surface area contributed by atoms with Crippen LogP contribution in [0.25, 0.3) is 0 Å².